The molecule has 0 saturated carbocycles. The minimum Gasteiger partial charge on any atom is -0.329 e. The van der Waals surface area contributed by atoms with Gasteiger partial charge in [-0.05, 0) is 42.5 Å². The zero-order chi connectivity index (χ0) is 24.7. The van der Waals surface area contributed by atoms with E-state index in [0.29, 0.717) is 34.6 Å². The molecule has 5 rings (SSSR count). The van der Waals surface area contributed by atoms with E-state index in [1.165, 1.54) is 0 Å². The Kier molecular flexibility index (Phi) is 5.40. The first kappa shape index (κ1) is 22.1. The van der Waals surface area contributed by atoms with Crippen LogP contribution in [0.1, 0.15) is 0 Å². The predicted molar refractivity (Wildman–Crippen MR) is 138 cm³/mol. The first-order valence-electron chi connectivity index (χ1n) is 11.0. The van der Waals surface area contributed by atoms with E-state index in [9.17, 15) is 10.1 Å². The number of non-ortho nitro benzene ring substituents is 1. The highest BCUT2D eigenvalue weighted by Crippen LogP contribution is 2.35. The average molecular weight is 469 g/mol. The molecule has 0 spiro atoms. The number of fused-ring (bicyclic) bond motifs is 8. The summed E-state index contributed by atoms with van der Waals surface area (Å²) in [6, 6.07) is 22.1. The Hall–Kier alpha value is -4.73. The van der Waals surface area contributed by atoms with E-state index in [1.54, 1.807) is 12.1 Å². The van der Waals surface area contributed by atoms with Crippen LogP contribution in [-0.4, -0.2) is 48.1 Å². The van der Waals surface area contributed by atoms with Crippen molar-refractivity contribution in [3.05, 3.63) is 82.9 Å². The van der Waals surface area contributed by atoms with E-state index in [-0.39, 0.29) is 10.6 Å². The number of rotatable bonds is 1. The van der Waals surface area contributed by atoms with Gasteiger partial charge in [-0.1, -0.05) is 18.2 Å². The molecule has 0 amide bonds. The molecule has 3 aromatic heterocycles. The Bertz CT molecular complexity index is 1330. The van der Waals surface area contributed by atoms with Gasteiger partial charge in [0.05, 0.1) is 16.3 Å². The number of hydrogen-bond donors (Lipinski definition) is 0. The molecule has 0 radical (unpaired) electrons. The van der Waals surface area contributed by atoms with Crippen molar-refractivity contribution in [1.82, 2.24) is 15.0 Å². The van der Waals surface area contributed by atoms with Gasteiger partial charge < -0.3 is 19.6 Å². The molecule has 0 aliphatic carbocycles. The maximum Gasteiger partial charge on any atom is 0.273 e. The molecule has 0 saturated heterocycles. The third-order valence-electron chi connectivity index (χ3n) is 6.09. The van der Waals surface area contributed by atoms with E-state index >= 15 is 0 Å². The smallest absolute Gasteiger partial charge is 0.273 e. The molecule has 1 aliphatic heterocycles. The van der Waals surface area contributed by atoms with Crippen LogP contribution in [0.15, 0.2) is 72.8 Å². The van der Waals surface area contributed by atoms with Crippen molar-refractivity contribution < 1.29 is 4.92 Å². The van der Waals surface area contributed by atoms with E-state index in [2.05, 4.69) is 0 Å². The first-order valence-corrected chi connectivity index (χ1v) is 11.0. The fourth-order valence-electron chi connectivity index (χ4n) is 3.93. The van der Waals surface area contributed by atoms with Gasteiger partial charge in [0.2, 0.25) is 0 Å². The maximum absolute atomic E-state index is 11.8. The molecule has 4 heterocycles. The number of benzene rings is 1. The quantitative estimate of drug-likeness (QED) is 0.277. The van der Waals surface area contributed by atoms with Crippen LogP contribution < -0.4 is 19.6 Å². The zero-order valence-electron chi connectivity index (χ0n) is 19.8. The highest BCUT2D eigenvalue weighted by atomic mass is 16.6. The molecule has 1 aromatic carbocycles. The van der Waals surface area contributed by atoms with Crippen LogP contribution in [0.4, 0.5) is 52.0 Å². The van der Waals surface area contributed by atoms with Gasteiger partial charge in [0, 0.05) is 40.3 Å². The Labute approximate surface area is 202 Å². The topological polar surface area (TPSA) is 94.8 Å². The fraction of sp³-hybridized carbons (Fsp3) is 0.160. The number of anilines is 8. The van der Waals surface area contributed by atoms with Gasteiger partial charge in [-0.15, -0.1) is 0 Å². The lowest BCUT2D eigenvalue weighted by atomic mass is 10.2. The summed E-state index contributed by atoms with van der Waals surface area (Å²) < 4.78 is 0. The molecular formula is C25H24N8O2. The first-order chi connectivity index (χ1) is 16.8. The number of nitro groups is 1. The van der Waals surface area contributed by atoms with Crippen LogP contribution in [0.3, 0.4) is 0 Å². The van der Waals surface area contributed by atoms with Crippen LogP contribution in [0, 0.1) is 10.1 Å². The molecule has 1 aliphatic rings. The molecular weight excluding hydrogens is 444 g/mol. The molecule has 10 nitrogen and oxygen atoms in total. The van der Waals surface area contributed by atoms with Gasteiger partial charge >= 0.3 is 0 Å². The molecule has 10 heteroatoms. The molecule has 8 bridgehead atoms. The normalized spacial score (nSPS) is 13.1. The van der Waals surface area contributed by atoms with Crippen molar-refractivity contribution in [2.24, 2.45) is 0 Å². The summed E-state index contributed by atoms with van der Waals surface area (Å²) in [5.41, 5.74) is 1.25. The zero-order valence-corrected chi connectivity index (χ0v) is 19.8. The van der Waals surface area contributed by atoms with Crippen molar-refractivity contribution in [3.63, 3.8) is 0 Å². The standard InChI is InChI=1S/C25H24N8O2/c1-29-17-14-18(16-19(15-17)33(34)35)30(2)21-9-6-11-23(27-21)32(4)25-13-7-12-24(28-25)31(3)22-10-5-8-20(29)26-22/h5-16H,1-4H3. The number of nitro benzene ring substituents is 1. The van der Waals surface area contributed by atoms with Crippen LogP contribution in [0.5, 0.6) is 0 Å². The van der Waals surface area contributed by atoms with Crippen molar-refractivity contribution in [1.29, 1.82) is 0 Å². The van der Waals surface area contributed by atoms with Crippen LogP contribution in [0.2, 0.25) is 0 Å². The molecule has 0 N–H and O–H groups in total. The molecule has 0 unspecified atom stereocenters. The van der Waals surface area contributed by atoms with Gasteiger partial charge in [0.1, 0.15) is 34.9 Å². The third-order valence-corrected chi connectivity index (χ3v) is 6.09. The second-order valence-corrected chi connectivity index (χ2v) is 8.26. The number of hydrogen-bond acceptors (Lipinski definition) is 9. The van der Waals surface area contributed by atoms with Crippen molar-refractivity contribution >= 4 is 52.0 Å². The van der Waals surface area contributed by atoms with Gasteiger partial charge in [0.25, 0.3) is 5.69 Å². The van der Waals surface area contributed by atoms with Gasteiger partial charge in [-0.25, -0.2) is 15.0 Å². The molecule has 176 valence electrons. The van der Waals surface area contributed by atoms with E-state index in [0.717, 1.165) is 11.6 Å². The molecule has 4 aromatic rings. The Morgan fingerprint density at radius 1 is 0.571 bits per heavy atom. The summed E-state index contributed by atoms with van der Waals surface area (Å²) in [6.07, 6.45) is 0. The highest BCUT2D eigenvalue weighted by molar-refractivity contribution is 5.74. The van der Waals surface area contributed by atoms with Gasteiger partial charge in [0.15, 0.2) is 0 Å². The second kappa shape index (κ2) is 8.56. The molecule has 0 fully saturated rings. The predicted octanol–water partition coefficient (Wildman–Crippen LogP) is 5.16. The van der Waals surface area contributed by atoms with Crippen LogP contribution >= 0.6 is 0 Å². The minimum absolute atomic E-state index is 0.0157. The summed E-state index contributed by atoms with van der Waals surface area (Å²) in [7, 11) is 7.48. The van der Waals surface area contributed by atoms with Crippen molar-refractivity contribution in [2.45, 2.75) is 0 Å². The van der Waals surface area contributed by atoms with E-state index < -0.39 is 0 Å². The monoisotopic (exact) mass is 468 g/mol. The van der Waals surface area contributed by atoms with Gasteiger partial charge in [-0.2, -0.15) is 0 Å². The van der Waals surface area contributed by atoms with E-state index in [1.807, 2.05) is 108 Å². The molecule has 0 atom stereocenters. The SMILES string of the molecule is CN1c2cc(cc([N+](=O)[O-])c2)N(C)c2cccc(n2)N(C)c2cccc(n2)N(C)c2cccc1n2. The van der Waals surface area contributed by atoms with Crippen LogP contribution in [-0.2, 0) is 0 Å². The number of nitrogens with zero attached hydrogens (tertiary/aromatic N) is 8. The highest BCUT2D eigenvalue weighted by Gasteiger charge is 2.19. The summed E-state index contributed by atoms with van der Waals surface area (Å²) in [4.78, 5) is 33.3. The lowest BCUT2D eigenvalue weighted by Gasteiger charge is -2.26. The molecule has 35 heavy (non-hydrogen) atoms. The second-order valence-electron chi connectivity index (χ2n) is 8.26. The largest absolute Gasteiger partial charge is 0.329 e. The summed E-state index contributed by atoms with van der Waals surface area (Å²) in [5, 5.41) is 11.8. The average Bonchev–Trinajstić information content (AvgIpc) is 2.90. The van der Waals surface area contributed by atoms with Crippen molar-refractivity contribution in [2.75, 3.05) is 47.8 Å². The fourth-order valence-corrected chi connectivity index (χ4v) is 3.93. The summed E-state index contributed by atoms with van der Waals surface area (Å²) in [5.74, 6) is 4.11. The summed E-state index contributed by atoms with van der Waals surface area (Å²) in [6.45, 7) is 0. The van der Waals surface area contributed by atoms with Crippen LogP contribution in [0.25, 0.3) is 0 Å². The Morgan fingerprint density at radius 3 is 1.20 bits per heavy atom. The number of aromatic nitrogens is 3. The maximum atomic E-state index is 11.8. The lowest BCUT2D eigenvalue weighted by molar-refractivity contribution is -0.384. The van der Waals surface area contributed by atoms with E-state index in [4.69, 9.17) is 15.0 Å². The Morgan fingerprint density at radius 2 is 0.886 bits per heavy atom. The minimum atomic E-state index is -0.388. The Balaban J connectivity index is 1.75. The third kappa shape index (κ3) is 4.05. The lowest BCUT2D eigenvalue weighted by Crippen LogP contribution is -2.20. The number of pyridine rings is 3. The van der Waals surface area contributed by atoms with Crippen molar-refractivity contribution in [3.8, 4) is 0 Å². The summed E-state index contributed by atoms with van der Waals surface area (Å²) >= 11 is 0. The van der Waals surface area contributed by atoms with Gasteiger partial charge in [-0.3, -0.25) is 10.1 Å².